The summed E-state index contributed by atoms with van der Waals surface area (Å²) in [6, 6.07) is 0. The molecule has 140 valence electrons. The van der Waals surface area contributed by atoms with Crippen molar-refractivity contribution >= 4 is 20.2 Å². The maximum atomic E-state index is 11.7. The predicted octanol–water partition coefficient (Wildman–Crippen LogP) is 0.0391. The molecule has 0 fully saturated rings. The van der Waals surface area contributed by atoms with Crippen molar-refractivity contribution in [2.45, 2.75) is 34.1 Å². The molecule has 0 aromatic heterocycles. The molecule has 0 aliphatic heterocycles. The second-order valence-electron chi connectivity index (χ2n) is 7.14. The first kappa shape index (κ1) is 22.7. The van der Waals surface area contributed by atoms with Crippen LogP contribution in [0.2, 0.25) is 0 Å². The first-order valence-electron chi connectivity index (χ1n) is 7.39. The van der Waals surface area contributed by atoms with Gasteiger partial charge in [0.1, 0.15) is 0 Å². The molecule has 0 aromatic rings. The molecule has 0 aromatic carbocycles. The van der Waals surface area contributed by atoms with Crippen LogP contribution in [-0.2, 0) is 28.6 Å². The molecule has 0 saturated carbocycles. The van der Waals surface area contributed by atoms with Crippen molar-refractivity contribution in [3.8, 4) is 0 Å². The number of rotatable bonds is 12. The lowest BCUT2D eigenvalue weighted by molar-refractivity contribution is 0.191. The fraction of sp³-hybridized carbons (Fsp3) is 1.00. The molecule has 0 aliphatic rings. The number of hydrogen-bond donors (Lipinski definition) is 2. The van der Waals surface area contributed by atoms with E-state index >= 15 is 0 Å². The molecule has 0 amide bonds. The minimum Gasteiger partial charge on any atom is -0.330 e. The first-order chi connectivity index (χ1) is 10.2. The summed E-state index contributed by atoms with van der Waals surface area (Å²) in [5.41, 5.74) is 10.1. The summed E-state index contributed by atoms with van der Waals surface area (Å²) in [6.45, 7) is 7.59. The highest BCUT2D eigenvalue weighted by molar-refractivity contribution is 7.87. The standard InChI is InChI=1S/C13H30N2O6S2/c1-12(2,8-14)10-20-22(16,17)6-5-7-23(18,19)21-11-13(3,4)9-15/h5-11,14-15H2,1-4H3. The molecule has 0 saturated heterocycles. The molecule has 0 unspecified atom stereocenters. The summed E-state index contributed by atoms with van der Waals surface area (Å²) >= 11 is 0. The fourth-order valence-electron chi connectivity index (χ4n) is 1.15. The van der Waals surface area contributed by atoms with Crippen LogP contribution in [0.25, 0.3) is 0 Å². The van der Waals surface area contributed by atoms with Crippen molar-refractivity contribution in [1.82, 2.24) is 0 Å². The van der Waals surface area contributed by atoms with E-state index in [2.05, 4.69) is 0 Å². The van der Waals surface area contributed by atoms with Gasteiger partial charge in [-0.1, -0.05) is 27.7 Å². The third kappa shape index (κ3) is 11.0. The van der Waals surface area contributed by atoms with Gasteiger partial charge in [0.2, 0.25) is 0 Å². The predicted molar refractivity (Wildman–Crippen MR) is 89.8 cm³/mol. The molecular weight excluding hydrogens is 344 g/mol. The smallest absolute Gasteiger partial charge is 0.267 e. The number of nitrogens with two attached hydrogens (primary N) is 2. The second kappa shape index (κ2) is 8.72. The highest BCUT2D eigenvalue weighted by Crippen LogP contribution is 2.16. The van der Waals surface area contributed by atoms with E-state index in [0.29, 0.717) is 0 Å². The fourth-order valence-corrected chi connectivity index (χ4v) is 3.56. The Bertz CT molecular complexity index is 505. The third-order valence-electron chi connectivity index (χ3n) is 3.15. The Kier molecular flexibility index (Phi) is 8.63. The topological polar surface area (TPSA) is 139 Å². The average molecular weight is 375 g/mol. The average Bonchev–Trinajstić information content (AvgIpc) is 2.43. The molecule has 0 radical (unpaired) electrons. The highest BCUT2D eigenvalue weighted by Gasteiger charge is 2.24. The van der Waals surface area contributed by atoms with Crippen LogP contribution in [-0.4, -0.2) is 54.6 Å². The zero-order valence-electron chi connectivity index (χ0n) is 14.4. The van der Waals surface area contributed by atoms with E-state index in [4.69, 9.17) is 19.8 Å². The van der Waals surface area contributed by atoms with Crippen molar-refractivity contribution < 1.29 is 25.2 Å². The van der Waals surface area contributed by atoms with E-state index in [-0.39, 0.29) is 32.7 Å². The second-order valence-corrected chi connectivity index (χ2v) is 10.7. The molecule has 10 heteroatoms. The Morgan fingerprint density at radius 1 is 0.739 bits per heavy atom. The lowest BCUT2D eigenvalue weighted by Gasteiger charge is -2.22. The Morgan fingerprint density at radius 3 is 1.30 bits per heavy atom. The molecule has 0 heterocycles. The molecule has 0 aliphatic carbocycles. The van der Waals surface area contributed by atoms with Gasteiger partial charge < -0.3 is 11.5 Å². The van der Waals surface area contributed by atoms with Gasteiger partial charge in [-0.15, -0.1) is 0 Å². The van der Waals surface area contributed by atoms with E-state index in [0.717, 1.165) is 0 Å². The van der Waals surface area contributed by atoms with E-state index in [1.54, 1.807) is 27.7 Å². The van der Waals surface area contributed by atoms with Crippen LogP contribution >= 0.6 is 0 Å². The van der Waals surface area contributed by atoms with E-state index in [9.17, 15) is 16.8 Å². The van der Waals surface area contributed by atoms with E-state index in [1.807, 2.05) is 0 Å². The molecule has 0 bridgehead atoms. The van der Waals surface area contributed by atoms with Gasteiger partial charge in [0.05, 0.1) is 24.7 Å². The van der Waals surface area contributed by atoms with Gasteiger partial charge in [0, 0.05) is 10.8 Å². The van der Waals surface area contributed by atoms with Gasteiger partial charge >= 0.3 is 0 Å². The van der Waals surface area contributed by atoms with Crippen LogP contribution in [0.4, 0.5) is 0 Å². The zero-order chi connectivity index (χ0) is 18.4. The van der Waals surface area contributed by atoms with E-state index < -0.39 is 42.6 Å². The van der Waals surface area contributed by atoms with Crippen LogP contribution in [0.15, 0.2) is 0 Å². The summed E-state index contributed by atoms with van der Waals surface area (Å²) in [5, 5.41) is 0. The zero-order valence-corrected chi connectivity index (χ0v) is 16.0. The Hall–Kier alpha value is -0.260. The maximum Gasteiger partial charge on any atom is 0.267 e. The Labute approximate surface area is 140 Å². The first-order valence-corrected chi connectivity index (χ1v) is 10.5. The van der Waals surface area contributed by atoms with Gasteiger partial charge in [0.15, 0.2) is 0 Å². The number of hydrogen-bond acceptors (Lipinski definition) is 8. The summed E-state index contributed by atoms with van der Waals surface area (Å²) in [6.07, 6.45) is -0.100. The van der Waals surface area contributed by atoms with Crippen LogP contribution in [0.5, 0.6) is 0 Å². The molecule has 23 heavy (non-hydrogen) atoms. The normalized spacial score (nSPS) is 14.2. The van der Waals surface area contributed by atoms with Gasteiger partial charge in [-0.25, -0.2) is 0 Å². The van der Waals surface area contributed by atoms with Crippen LogP contribution in [0.3, 0.4) is 0 Å². The lowest BCUT2D eigenvalue weighted by atomic mass is 9.96. The van der Waals surface area contributed by atoms with Crippen molar-refractivity contribution in [3.05, 3.63) is 0 Å². The minimum absolute atomic E-state index is 0.0419. The SMILES string of the molecule is CC(C)(CN)COS(=O)(=O)CCCS(=O)(=O)OCC(C)(C)CN. The van der Waals surface area contributed by atoms with Crippen LogP contribution in [0, 0.1) is 10.8 Å². The van der Waals surface area contributed by atoms with Crippen molar-refractivity contribution in [1.29, 1.82) is 0 Å². The molecule has 0 spiro atoms. The summed E-state index contributed by atoms with van der Waals surface area (Å²) < 4.78 is 56.7. The molecule has 0 rings (SSSR count). The molecule has 4 N–H and O–H groups in total. The van der Waals surface area contributed by atoms with E-state index in [1.165, 1.54) is 0 Å². The quantitative estimate of drug-likeness (QED) is 0.456. The van der Waals surface area contributed by atoms with Crippen molar-refractivity contribution in [2.24, 2.45) is 22.3 Å². The lowest BCUT2D eigenvalue weighted by Crippen LogP contribution is -2.31. The van der Waals surface area contributed by atoms with Gasteiger partial charge in [-0.2, -0.15) is 16.8 Å². The molecular formula is C13H30N2O6S2. The van der Waals surface area contributed by atoms with Gasteiger partial charge in [-0.05, 0) is 19.5 Å². The highest BCUT2D eigenvalue weighted by atomic mass is 32.2. The van der Waals surface area contributed by atoms with Gasteiger partial charge in [-0.3, -0.25) is 8.37 Å². The summed E-state index contributed by atoms with van der Waals surface area (Å²) in [7, 11) is -7.58. The molecule has 0 atom stereocenters. The maximum absolute atomic E-state index is 11.7. The van der Waals surface area contributed by atoms with Crippen molar-refractivity contribution in [3.63, 3.8) is 0 Å². The third-order valence-corrected chi connectivity index (χ3v) is 5.68. The largest absolute Gasteiger partial charge is 0.330 e. The minimum atomic E-state index is -3.79. The monoisotopic (exact) mass is 374 g/mol. The van der Waals surface area contributed by atoms with Crippen LogP contribution in [0.1, 0.15) is 34.1 Å². The van der Waals surface area contributed by atoms with Crippen molar-refractivity contribution in [2.75, 3.05) is 37.8 Å². The Morgan fingerprint density at radius 2 is 1.04 bits per heavy atom. The summed E-state index contributed by atoms with van der Waals surface area (Å²) in [5.74, 6) is -0.785. The van der Waals surface area contributed by atoms with Gasteiger partial charge in [0.25, 0.3) is 20.2 Å². The Balaban J connectivity index is 4.32. The summed E-state index contributed by atoms with van der Waals surface area (Å²) in [4.78, 5) is 0. The molecule has 8 nitrogen and oxygen atoms in total. The van der Waals surface area contributed by atoms with Crippen LogP contribution < -0.4 is 11.5 Å².